The zero-order chi connectivity index (χ0) is 10.1. The van der Waals surface area contributed by atoms with Crippen LogP contribution in [0.5, 0.6) is 0 Å². The number of carbonyl (C=O) groups is 1. The summed E-state index contributed by atoms with van der Waals surface area (Å²) in [5, 5.41) is 8.85. The van der Waals surface area contributed by atoms with E-state index in [0.717, 1.165) is 19.3 Å². The summed E-state index contributed by atoms with van der Waals surface area (Å²) in [6.07, 6.45) is 3.48. The highest BCUT2D eigenvalue weighted by Crippen LogP contribution is 2.39. The first-order chi connectivity index (χ1) is 5.96. The second-order valence-electron chi connectivity index (χ2n) is 4.54. The van der Waals surface area contributed by atoms with Gasteiger partial charge in [0, 0.05) is 5.54 Å². The van der Waals surface area contributed by atoms with E-state index in [0.29, 0.717) is 5.92 Å². The summed E-state index contributed by atoms with van der Waals surface area (Å²) in [4.78, 5) is 12.8. The van der Waals surface area contributed by atoms with E-state index in [1.165, 1.54) is 0 Å². The Kier molecular flexibility index (Phi) is 2.96. The third kappa shape index (κ3) is 2.21. The summed E-state index contributed by atoms with van der Waals surface area (Å²) in [7, 11) is 3.97. The number of hydrogen-bond donors (Lipinski definition) is 1. The molecule has 0 aromatic rings. The summed E-state index contributed by atoms with van der Waals surface area (Å²) < 4.78 is 0. The normalized spacial score (nSPS) is 34.0. The van der Waals surface area contributed by atoms with Crippen LogP contribution in [-0.2, 0) is 4.79 Å². The third-order valence-corrected chi connectivity index (χ3v) is 3.26. The second-order valence-corrected chi connectivity index (χ2v) is 4.54. The van der Waals surface area contributed by atoms with Crippen molar-refractivity contribution in [2.75, 3.05) is 14.1 Å². The van der Waals surface area contributed by atoms with Crippen molar-refractivity contribution in [3.05, 3.63) is 0 Å². The van der Waals surface area contributed by atoms with Gasteiger partial charge in [-0.25, -0.2) is 0 Å². The summed E-state index contributed by atoms with van der Waals surface area (Å²) >= 11 is 0. The summed E-state index contributed by atoms with van der Waals surface area (Å²) in [6, 6.07) is 0. The van der Waals surface area contributed by atoms with E-state index in [2.05, 4.69) is 11.8 Å². The topological polar surface area (TPSA) is 40.5 Å². The number of carboxylic acid groups (broad SMARTS) is 1. The minimum atomic E-state index is -0.678. The van der Waals surface area contributed by atoms with Gasteiger partial charge in [0.1, 0.15) is 0 Å². The fraction of sp³-hybridized carbons (Fsp3) is 0.900. The van der Waals surface area contributed by atoms with Crippen molar-refractivity contribution in [3.63, 3.8) is 0 Å². The van der Waals surface area contributed by atoms with Gasteiger partial charge in [-0.2, -0.15) is 0 Å². The molecule has 0 radical (unpaired) electrons. The van der Waals surface area contributed by atoms with Crippen molar-refractivity contribution in [2.24, 2.45) is 5.92 Å². The Balaban J connectivity index is 2.71. The highest BCUT2D eigenvalue weighted by atomic mass is 16.4. The Morgan fingerprint density at radius 2 is 2.23 bits per heavy atom. The lowest BCUT2D eigenvalue weighted by Crippen LogP contribution is -2.43. The van der Waals surface area contributed by atoms with Gasteiger partial charge in [-0.05, 0) is 39.3 Å². The molecule has 0 spiro atoms. The zero-order valence-electron chi connectivity index (χ0n) is 8.71. The highest BCUT2D eigenvalue weighted by molar-refractivity contribution is 5.68. The van der Waals surface area contributed by atoms with Gasteiger partial charge in [0.15, 0.2) is 0 Å². The first kappa shape index (κ1) is 10.5. The van der Waals surface area contributed by atoms with Gasteiger partial charge in [-0.3, -0.25) is 4.79 Å². The van der Waals surface area contributed by atoms with Gasteiger partial charge in [0.05, 0.1) is 6.42 Å². The van der Waals surface area contributed by atoms with E-state index < -0.39 is 5.97 Å². The molecular formula is C10H19NO2. The van der Waals surface area contributed by atoms with Crippen molar-refractivity contribution in [1.82, 2.24) is 4.90 Å². The van der Waals surface area contributed by atoms with Crippen molar-refractivity contribution in [3.8, 4) is 0 Å². The lowest BCUT2D eigenvalue weighted by Gasteiger charge is -2.35. The van der Waals surface area contributed by atoms with Gasteiger partial charge in [-0.1, -0.05) is 6.92 Å². The molecule has 0 aromatic carbocycles. The van der Waals surface area contributed by atoms with Crippen LogP contribution in [0, 0.1) is 5.92 Å². The van der Waals surface area contributed by atoms with Crippen LogP contribution in [0.15, 0.2) is 0 Å². The summed E-state index contributed by atoms with van der Waals surface area (Å²) in [6.45, 7) is 2.20. The minimum absolute atomic E-state index is 0.0781. The average molecular weight is 185 g/mol. The monoisotopic (exact) mass is 185 g/mol. The number of nitrogens with zero attached hydrogens (tertiary/aromatic N) is 1. The third-order valence-electron chi connectivity index (χ3n) is 3.26. The predicted molar refractivity (Wildman–Crippen MR) is 51.7 cm³/mol. The molecule has 76 valence electrons. The Bertz CT molecular complexity index is 203. The first-order valence-electron chi connectivity index (χ1n) is 4.85. The lowest BCUT2D eigenvalue weighted by molar-refractivity contribution is -0.140. The molecule has 13 heavy (non-hydrogen) atoms. The van der Waals surface area contributed by atoms with Crippen LogP contribution < -0.4 is 0 Å². The molecule has 2 unspecified atom stereocenters. The Morgan fingerprint density at radius 1 is 1.62 bits per heavy atom. The van der Waals surface area contributed by atoms with Crippen LogP contribution in [0.4, 0.5) is 0 Å². The lowest BCUT2D eigenvalue weighted by atomic mass is 9.91. The van der Waals surface area contributed by atoms with Gasteiger partial charge in [0.25, 0.3) is 0 Å². The van der Waals surface area contributed by atoms with E-state index in [9.17, 15) is 4.79 Å². The van der Waals surface area contributed by atoms with Gasteiger partial charge in [0.2, 0.25) is 0 Å². The van der Waals surface area contributed by atoms with Crippen LogP contribution in [0.3, 0.4) is 0 Å². The van der Waals surface area contributed by atoms with E-state index in [-0.39, 0.29) is 12.0 Å². The Morgan fingerprint density at radius 3 is 2.54 bits per heavy atom. The number of aliphatic carboxylic acids is 1. The van der Waals surface area contributed by atoms with Crippen molar-refractivity contribution in [2.45, 2.75) is 38.1 Å². The molecule has 1 rings (SSSR count). The van der Waals surface area contributed by atoms with Crippen LogP contribution in [-0.4, -0.2) is 35.6 Å². The number of rotatable bonds is 3. The molecule has 0 heterocycles. The average Bonchev–Trinajstić information content (AvgIpc) is 2.31. The van der Waals surface area contributed by atoms with E-state index in [4.69, 9.17) is 5.11 Å². The molecular weight excluding hydrogens is 166 g/mol. The SMILES string of the molecule is CC1CCC(CC(=O)O)(N(C)C)C1. The van der Waals surface area contributed by atoms with Gasteiger partial charge in [-0.15, -0.1) is 0 Å². The summed E-state index contributed by atoms with van der Waals surface area (Å²) in [5.41, 5.74) is -0.0781. The molecule has 0 amide bonds. The number of hydrogen-bond acceptors (Lipinski definition) is 2. The quantitative estimate of drug-likeness (QED) is 0.725. The molecule has 1 N–H and O–H groups in total. The standard InChI is InChI=1S/C10H19NO2/c1-8-4-5-10(6-8,11(2)3)7-9(12)13/h8H,4-7H2,1-3H3,(H,12,13). The fourth-order valence-electron chi connectivity index (χ4n) is 2.37. The van der Waals surface area contributed by atoms with Crippen LogP contribution in [0.25, 0.3) is 0 Å². The number of carboxylic acids is 1. The van der Waals surface area contributed by atoms with Crippen LogP contribution >= 0.6 is 0 Å². The first-order valence-corrected chi connectivity index (χ1v) is 4.85. The van der Waals surface area contributed by atoms with E-state index in [1.54, 1.807) is 0 Å². The van der Waals surface area contributed by atoms with Crippen molar-refractivity contribution >= 4 is 5.97 Å². The van der Waals surface area contributed by atoms with Crippen LogP contribution in [0.2, 0.25) is 0 Å². The van der Waals surface area contributed by atoms with Gasteiger partial charge < -0.3 is 10.0 Å². The molecule has 2 atom stereocenters. The fourth-order valence-corrected chi connectivity index (χ4v) is 2.37. The largest absolute Gasteiger partial charge is 0.481 e. The Labute approximate surface area is 79.7 Å². The predicted octanol–water partition coefficient (Wildman–Crippen LogP) is 1.58. The molecule has 1 aliphatic rings. The van der Waals surface area contributed by atoms with Crippen LogP contribution in [0.1, 0.15) is 32.6 Å². The zero-order valence-corrected chi connectivity index (χ0v) is 8.71. The minimum Gasteiger partial charge on any atom is -0.481 e. The maximum atomic E-state index is 10.7. The molecule has 1 aliphatic carbocycles. The second kappa shape index (κ2) is 3.66. The molecule has 0 aromatic heterocycles. The summed E-state index contributed by atoms with van der Waals surface area (Å²) in [5.74, 6) is -0.00968. The Hall–Kier alpha value is -0.570. The molecule has 1 fully saturated rings. The molecule has 1 saturated carbocycles. The maximum absolute atomic E-state index is 10.7. The molecule has 0 bridgehead atoms. The maximum Gasteiger partial charge on any atom is 0.305 e. The molecule has 3 nitrogen and oxygen atoms in total. The highest BCUT2D eigenvalue weighted by Gasteiger charge is 2.40. The molecule has 0 saturated heterocycles. The molecule has 3 heteroatoms. The van der Waals surface area contributed by atoms with Crippen molar-refractivity contribution in [1.29, 1.82) is 0 Å². The van der Waals surface area contributed by atoms with E-state index >= 15 is 0 Å². The smallest absolute Gasteiger partial charge is 0.305 e. The van der Waals surface area contributed by atoms with Crippen molar-refractivity contribution < 1.29 is 9.90 Å². The van der Waals surface area contributed by atoms with Gasteiger partial charge >= 0.3 is 5.97 Å². The molecule has 0 aliphatic heterocycles. The van der Waals surface area contributed by atoms with E-state index in [1.807, 2.05) is 14.1 Å².